The molecule has 0 bridgehead atoms. The molecule has 2 aromatic heterocycles. The molecule has 24 heavy (non-hydrogen) atoms. The lowest BCUT2D eigenvalue weighted by atomic mass is 10.1. The van der Waals surface area contributed by atoms with Crippen molar-refractivity contribution in [2.75, 3.05) is 6.54 Å². The Labute approximate surface area is 142 Å². The van der Waals surface area contributed by atoms with Gasteiger partial charge in [-0.15, -0.1) is 0 Å². The number of rotatable bonds is 6. The first-order valence-electron chi connectivity index (χ1n) is 8.35. The molecule has 5 nitrogen and oxygen atoms in total. The normalized spacial score (nSPS) is 12.5. The number of nitrogens with one attached hydrogen (secondary N) is 2. The van der Waals surface area contributed by atoms with Crippen molar-refractivity contribution < 1.29 is 4.79 Å². The lowest BCUT2D eigenvalue weighted by Crippen LogP contribution is -2.31. The van der Waals surface area contributed by atoms with Crippen molar-refractivity contribution in [2.24, 2.45) is 5.92 Å². The van der Waals surface area contributed by atoms with E-state index in [0.29, 0.717) is 18.9 Å². The summed E-state index contributed by atoms with van der Waals surface area (Å²) in [6.07, 6.45) is 2.32. The van der Waals surface area contributed by atoms with E-state index >= 15 is 0 Å². The SMILES string of the molecule is Cc1cc(C)n(C[C@@H](C)CNC(=O)Cc2c[nH]c3ccccc23)n1. The van der Waals surface area contributed by atoms with Gasteiger partial charge in [0.15, 0.2) is 0 Å². The highest BCUT2D eigenvalue weighted by Crippen LogP contribution is 2.18. The van der Waals surface area contributed by atoms with Crippen LogP contribution in [0.5, 0.6) is 0 Å². The van der Waals surface area contributed by atoms with E-state index in [1.165, 1.54) is 0 Å². The molecule has 1 amide bonds. The molecule has 3 rings (SSSR count). The molecule has 1 aromatic carbocycles. The molecule has 2 heterocycles. The molecule has 0 fully saturated rings. The molecule has 0 aliphatic rings. The molecule has 3 aromatic rings. The van der Waals surface area contributed by atoms with Crippen LogP contribution in [0.25, 0.3) is 10.9 Å². The number of aryl methyl sites for hydroxylation is 2. The summed E-state index contributed by atoms with van der Waals surface area (Å²) in [6, 6.07) is 10.1. The number of benzene rings is 1. The third kappa shape index (κ3) is 3.67. The van der Waals surface area contributed by atoms with Crippen LogP contribution in [0.1, 0.15) is 23.9 Å². The van der Waals surface area contributed by atoms with Crippen LogP contribution in [0, 0.1) is 19.8 Å². The minimum absolute atomic E-state index is 0.0555. The molecule has 0 spiro atoms. The molecule has 0 saturated heterocycles. The van der Waals surface area contributed by atoms with Crippen LogP contribution >= 0.6 is 0 Å². The van der Waals surface area contributed by atoms with Crippen molar-refractivity contribution >= 4 is 16.8 Å². The standard InChI is InChI=1S/C19H24N4O/c1-13(12-23-15(3)8-14(2)22-23)10-21-19(24)9-16-11-20-18-7-5-4-6-17(16)18/h4-8,11,13,20H,9-10,12H2,1-3H3,(H,21,24)/t13-/m0/s1. The van der Waals surface area contributed by atoms with Crippen molar-refractivity contribution in [3.05, 3.63) is 53.5 Å². The first-order chi connectivity index (χ1) is 11.5. The van der Waals surface area contributed by atoms with E-state index in [1.54, 1.807) is 0 Å². The van der Waals surface area contributed by atoms with Gasteiger partial charge in [0, 0.05) is 35.9 Å². The third-order valence-electron chi connectivity index (χ3n) is 4.26. The Kier molecular flexibility index (Phi) is 4.69. The van der Waals surface area contributed by atoms with Gasteiger partial charge >= 0.3 is 0 Å². The zero-order valence-corrected chi connectivity index (χ0v) is 14.5. The Hall–Kier alpha value is -2.56. The smallest absolute Gasteiger partial charge is 0.224 e. The Morgan fingerprint density at radius 3 is 2.88 bits per heavy atom. The van der Waals surface area contributed by atoms with Crippen molar-refractivity contribution in [1.82, 2.24) is 20.1 Å². The number of nitrogens with zero attached hydrogens (tertiary/aromatic N) is 2. The van der Waals surface area contributed by atoms with Crippen LogP contribution in [0.3, 0.4) is 0 Å². The van der Waals surface area contributed by atoms with Crippen LogP contribution in [-0.4, -0.2) is 27.2 Å². The number of aromatic amines is 1. The fourth-order valence-electron chi connectivity index (χ4n) is 3.02. The molecule has 126 valence electrons. The van der Waals surface area contributed by atoms with E-state index in [9.17, 15) is 4.79 Å². The average Bonchev–Trinajstić information content (AvgIpc) is 3.09. The first-order valence-corrected chi connectivity index (χ1v) is 8.35. The van der Waals surface area contributed by atoms with Gasteiger partial charge in [-0.3, -0.25) is 9.48 Å². The molecule has 5 heteroatoms. The van der Waals surface area contributed by atoms with Gasteiger partial charge in [0.25, 0.3) is 0 Å². The van der Waals surface area contributed by atoms with Crippen molar-refractivity contribution in [1.29, 1.82) is 0 Å². The summed E-state index contributed by atoms with van der Waals surface area (Å²) in [4.78, 5) is 15.4. The maximum atomic E-state index is 12.2. The van der Waals surface area contributed by atoms with Crippen molar-refractivity contribution in [2.45, 2.75) is 33.7 Å². The highest BCUT2D eigenvalue weighted by molar-refractivity contribution is 5.88. The summed E-state index contributed by atoms with van der Waals surface area (Å²) >= 11 is 0. The average molecular weight is 324 g/mol. The number of amides is 1. The van der Waals surface area contributed by atoms with Gasteiger partial charge in [-0.1, -0.05) is 25.1 Å². The summed E-state index contributed by atoms with van der Waals surface area (Å²) in [5, 5.41) is 8.62. The van der Waals surface area contributed by atoms with Crippen LogP contribution in [0.15, 0.2) is 36.5 Å². The van der Waals surface area contributed by atoms with Gasteiger partial charge in [-0.05, 0) is 37.5 Å². The highest BCUT2D eigenvalue weighted by atomic mass is 16.1. The van der Waals surface area contributed by atoms with E-state index in [2.05, 4.69) is 35.3 Å². The number of para-hydroxylation sites is 1. The van der Waals surface area contributed by atoms with Crippen molar-refractivity contribution in [3.8, 4) is 0 Å². The molecule has 2 N–H and O–H groups in total. The lowest BCUT2D eigenvalue weighted by molar-refractivity contribution is -0.120. The Bertz CT molecular complexity index is 846. The number of hydrogen-bond donors (Lipinski definition) is 2. The second-order valence-corrected chi connectivity index (χ2v) is 6.55. The van der Waals surface area contributed by atoms with Gasteiger partial charge < -0.3 is 10.3 Å². The summed E-state index contributed by atoms with van der Waals surface area (Å²) in [6.45, 7) is 7.65. The third-order valence-corrected chi connectivity index (χ3v) is 4.26. The molecule has 0 saturated carbocycles. The van der Waals surface area contributed by atoms with Crippen LogP contribution < -0.4 is 5.32 Å². The van der Waals surface area contributed by atoms with Gasteiger partial charge in [-0.2, -0.15) is 5.10 Å². The molecule has 0 unspecified atom stereocenters. The molecule has 0 aliphatic carbocycles. The maximum absolute atomic E-state index is 12.2. The fourth-order valence-corrected chi connectivity index (χ4v) is 3.02. The number of carbonyl (C=O) groups is 1. The summed E-state index contributed by atoms with van der Waals surface area (Å²) in [5.74, 6) is 0.384. The minimum atomic E-state index is 0.0555. The quantitative estimate of drug-likeness (QED) is 0.732. The predicted molar refractivity (Wildman–Crippen MR) is 95.9 cm³/mol. The zero-order chi connectivity index (χ0) is 17.1. The van der Waals surface area contributed by atoms with Crippen LogP contribution in [0.4, 0.5) is 0 Å². The number of hydrogen-bond acceptors (Lipinski definition) is 2. The van der Waals surface area contributed by atoms with Crippen LogP contribution in [0.2, 0.25) is 0 Å². The fraction of sp³-hybridized carbons (Fsp3) is 0.368. The minimum Gasteiger partial charge on any atom is -0.361 e. The summed E-state index contributed by atoms with van der Waals surface area (Å²) < 4.78 is 2.01. The highest BCUT2D eigenvalue weighted by Gasteiger charge is 2.11. The van der Waals surface area contributed by atoms with Gasteiger partial charge in [0.2, 0.25) is 5.91 Å². The Balaban J connectivity index is 1.53. The van der Waals surface area contributed by atoms with Gasteiger partial charge in [-0.25, -0.2) is 0 Å². The van der Waals surface area contributed by atoms with E-state index in [0.717, 1.165) is 34.4 Å². The van der Waals surface area contributed by atoms with Gasteiger partial charge in [0.1, 0.15) is 0 Å². The number of H-pyrrole nitrogens is 1. The topological polar surface area (TPSA) is 62.7 Å². The van der Waals surface area contributed by atoms with Gasteiger partial charge in [0.05, 0.1) is 12.1 Å². The zero-order valence-electron chi connectivity index (χ0n) is 14.5. The Morgan fingerprint density at radius 1 is 1.33 bits per heavy atom. The number of carbonyl (C=O) groups excluding carboxylic acids is 1. The molecule has 1 atom stereocenters. The largest absolute Gasteiger partial charge is 0.361 e. The van der Waals surface area contributed by atoms with Crippen molar-refractivity contribution in [3.63, 3.8) is 0 Å². The van der Waals surface area contributed by atoms with E-state index < -0.39 is 0 Å². The molecular weight excluding hydrogens is 300 g/mol. The molecular formula is C19H24N4O. The predicted octanol–water partition coefficient (Wildman–Crippen LogP) is 2.98. The Morgan fingerprint density at radius 2 is 2.12 bits per heavy atom. The number of fused-ring (bicyclic) bond motifs is 1. The second-order valence-electron chi connectivity index (χ2n) is 6.55. The van der Waals surface area contributed by atoms with E-state index in [-0.39, 0.29) is 5.91 Å². The first kappa shape index (κ1) is 16.3. The van der Waals surface area contributed by atoms with E-state index in [1.807, 2.05) is 42.1 Å². The second kappa shape index (κ2) is 6.91. The molecule has 0 radical (unpaired) electrons. The molecule has 0 aliphatic heterocycles. The summed E-state index contributed by atoms with van der Waals surface area (Å²) in [7, 11) is 0. The number of aromatic nitrogens is 3. The monoisotopic (exact) mass is 324 g/mol. The van der Waals surface area contributed by atoms with Crippen LogP contribution in [-0.2, 0) is 17.8 Å². The summed E-state index contributed by atoms with van der Waals surface area (Å²) in [5.41, 5.74) is 4.29. The maximum Gasteiger partial charge on any atom is 0.224 e. The lowest BCUT2D eigenvalue weighted by Gasteiger charge is -2.14. The van der Waals surface area contributed by atoms with E-state index in [4.69, 9.17) is 0 Å².